The maximum absolute atomic E-state index is 15.3. The lowest BCUT2D eigenvalue weighted by Gasteiger charge is -2.40. The molecule has 3 saturated heterocycles. The molecule has 16 heteroatoms. The van der Waals surface area contributed by atoms with E-state index in [1.54, 1.807) is 10.7 Å². The summed E-state index contributed by atoms with van der Waals surface area (Å²) in [6.45, 7) is 11.2. The number of hydrogen-bond donors (Lipinski definition) is 2. The molecule has 0 spiro atoms. The van der Waals surface area contributed by atoms with Crippen molar-refractivity contribution < 1.29 is 27.9 Å². The van der Waals surface area contributed by atoms with Crippen LogP contribution in [0.3, 0.4) is 0 Å². The summed E-state index contributed by atoms with van der Waals surface area (Å²) in [7, 11) is 1.89. The van der Waals surface area contributed by atoms with Crippen LogP contribution in [0.5, 0.6) is 5.88 Å². The molecule has 4 bridgehead atoms. The van der Waals surface area contributed by atoms with E-state index >= 15 is 8.78 Å². The average Bonchev–Trinajstić information content (AvgIpc) is 3.94. The number of ether oxygens (including phenoxy) is 1. The molecular weight excluding hydrogens is 807 g/mol. The third kappa shape index (κ3) is 8.13. The van der Waals surface area contributed by atoms with Gasteiger partial charge in [-0.05, 0) is 113 Å². The lowest BCUT2D eigenvalue weighted by atomic mass is 9.89. The molecule has 3 atom stereocenters. The van der Waals surface area contributed by atoms with Gasteiger partial charge < -0.3 is 19.1 Å². The number of benzene rings is 2. The molecule has 3 aromatic heterocycles. The molecular formula is C47H54F2N10O4. The van der Waals surface area contributed by atoms with Crippen LogP contribution in [0.15, 0.2) is 42.5 Å². The van der Waals surface area contributed by atoms with Crippen LogP contribution in [-0.2, 0) is 23.2 Å². The fourth-order valence-electron chi connectivity index (χ4n) is 10.7. The molecule has 10 rings (SSSR count). The Hall–Kier alpha value is -5.90. The summed E-state index contributed by atoms with van der Waals surface area (Å²) in [5.41, 5.74) is 6.71. The number of aromatic nitrogens is 5. The third-order valence-corrected chi connectivity index (χ3v) is 14.0. The van der Waals surface area contributed by atoms with Crippen molar-refractivity contribution >= 4 is 46.1 Å². The first-order chi connectivity index (χ1) is 30.4. The van der Waals surface area contributed by atoms with E-state index in [2.05, 4.69) is 48.3 Å². The smallest absolute Gasteiger partial charge is 0.258 e. The van der Waals surface area contributed by atoms with E-state index in [1.165, 1.54) is 12.1 Å². The first-order valence-corrected chi connectivity index (χ1v) is 22.5. The molecule has 5 aliphatic rings. The fraction of sp³-hybridized carbons (Fsp3) is 0.489. The molecule has 4 fully saturated rings. The highest BCUT2D eigenvalue weighted by Gasteiger charge is 2.34. The second-order valence-electron chi connectivity index (χ2n) is 18.3. The monoisotopic (exact) mass is 860 g/mol. The number of rotatable bonds is 5. The standard InChI is InChI=1S/C47H54F2N10O4/c1-27-18-32-20-39(50-27)42-28(2)54-55(3)46(42)63-26-31-5-4-30(19-31)25-59-40-23-33(6-8-38(40)51-47(59)53-44(32)61)58-16-14-56(15-17-58)24-29-10-12-57(13-11-29)34-21-36(48)43(37(49)22-34)35-7-9-41(60)52-45(35)62/h6,8,18,20-23,29-31,35H,4-5,7,9-17,19,24-26H2,1-3H3,(H,51,53,61)(H,52,60,62)/t30-,31+,35-/m1/s1. The van der Waals surface area contributed by atoms with Crippen molar-refractivity contribution in [1.29, 1.82) is 0 Å². The molecule has 3 amide bonds. The number of nitrogens with zero attached hydrogens (tertiary/aromatic N) is 8. The minimum Gasteiger partial charge on any atom is -0.477 e. The first-order valence-electron chi connectivity index (χ1n) is 22.5. The van der Waals surface area contributed by atoms with Gasteiger partial charge in [-0.2, -0.15) is 5.10 Å². The summed E-state index contributed by atoms with van der Waals surface area (Å²) < 4.78 is 41.1. The van der Waals surface area contributed by atoms with Crippen LogP contribution < -0.4 is 25.2 Å². The third-order valence-electron chi connectivity index (χ3n) is 14.0. The number of aryl methyl sites for hydroxylation is 3. The number of carbonyl (C=O) groups is 3. The van der Waals surface area contributed by atoms with Crippen LogP contribution in [-0.4, -0.2) is 99.4 Å². The molecule has 330 valence electrons. The van der Waals surface area contributed by atoms with Crippen molar-refractivity contribution in [2.45, 2.75) is 71.3 Å². The van der Waals surface area contributed by atoms with Crippen molar-refractivity contribution in [2.75, 3.05) is 67.5 Å². The molecule has 63 heavy (non-hydrogen) atoms. The van der Waals surface area contributed by atoms with Crippen molar-refractivity contribution in [1.82, 2.24) is 34.5 Å². The van der Waals surface area contributed by atoms with Crippen molar-refractivity contribution in [3.8, 4) is 17.1 Å². The zero-order valence-electron chi connectivity index (χ0n) is 36.1. The van der Waals surface area contributed by atoms with Gasteiger partial charge in [0, 0.05) is 94.0 Å². The molecule has 1 aliphatic carbocycles. The Kier molecular flexibility index (Phi) is 10.9. The SMILES string of the molecule is Cc1cc2cc(n1)-c1c(C)nn(C)c1OC[C@H]1CC[C@H](C1)Cn1c(nc3ccc(N4CCN(CC5CCN(c6cc(F)c([C@H]7CCC(=O)NC7=O)c(F)c6)CC5)CC4)cc31)NC2=O. The number of carbonyl (C=O) groups excluding carboxylic acids is 3. The van der Waals surface area contributed by atoms with Gasteiger partial charge in [-0.15, -0.1) is 0 Å². The lowest BCUT2D eigenvalue weighted by Crippen LogP contribution is -2.49. The van der Waals surface area contributed by atoms with Crippen molar-refractivity contribution in [2.24, 2.45) is 24.8 Å². The average molecular weight is 861 g/mol. The molecule has 5 aromatic rings. The number of pyridine rings is 1. The van der Waals surface area contributed by atoms with Crippen molar-refractivity contribution in [3.63, 3.8) is 0 Å². The van der Waals surface area contributed by atoms with Gasteiger partial charge in [-0.1, -0.05) is 0 Å². The van der Waals surface area contributed by atoms with Gasteiger partial charge in [0.1, 0.15) is 11.6 Å². The van der Waals surface area contributed by atoms with Gasteiger partial charge in [0.05, 0.1) is 40.5 Å². The molecule has 1 saturated carbocycles. The Morgan fingerprint density at radius 1 is 0.810 bits per heavy atom. The normalized spacial score (nSPS) is 22.6. The van der Waals surface area contributed by atoms with E-state index in [1.807, 2.05) is 31.9 Å². The van der Waals surface area contributed by atoms with Crippen LogP contribution in [0.4, 0.5) is 26.1 Å². The number of piperazine rings is 1. The highest BCUT2D eigenvalue weighted by Crippen LogP contribution is 2.39. The first kappa shape index (κ1) is 41.1. The summed E-state index contributed by atoms with van der Waals surface area (Å²) >= 11 is 0. The molecule has 0 radical (unpaired) electrons. The maximum Gasteiger partial charge on any atom is 0.258 e. The van der Waals surface area contributed by atoms with Crippen LogP contribution in [0.25, 0.3) is 22.3 Å². The topological polar surface area (TPSA) is 143 Å². The maximum atomic E-state index is 15.3. The van der Waals surface area contributed by atoms with E-state index in [-0.39, 0.29) is 24.3 Å². The van der Waals surface area contributed by atoms with Gasteiger partial charge >= 0.3 is 0 Å². The number of anilines is 3. The zero-order valence-corrected chi connectivity index (χ0v) is 36.1. The number of halogens is 2. The predicted octanol–water partition coefficient (Wildman–Crippen LogP) is 6.35. The number of imide groups is 1. The Morgan fingerprint density at radius 2 is 1.56 bits per heavy atom. The Bertz CT molecular complexity index is 2590. The van der Waals surface area contributed by atoms with Crippen LogP contribution in [0.2, 0.25) is 0 Å². The summed E-state index contributed by atoms with van der Waals surface area (Å²) in [4.78, 5) is 54.7. The number of hydrogen-bond acceptors (Lipinski definition) is 10. The number of amides is 3. The highest BCUT2D eigenvalue weighted by molar-refractivity contribution is 6.05. The number of imidazole rings is 1. The second-order valence-corrected chi connectivity index (χ2v) is 18.3. The molecule has 4 aliphatic heterocycles. The Balaban J connectivity index is 0.804. The quantitative estimate of drug-likeness (QED) is 0.192. The van der Waals surface area contributed by atoms with E-state index in [0.717, 1.165) is 105 Å². The lowest BCUT2D eigenvalue weighted by molar-refractivity contribution is -0.134. The molecule has 7 heterocycles. The summed E-state index contributed by atoms with van der Waals surface area (Å²) in [5.74, 6) is -1.29. The summed E-state index contributed by atoms with van der Waals surface area (Å²) in [6.07, 6.45) is 5.14. The van der Waals surface area contributed by atoms with Crippen LogP contribution >= 0.6 is 0 Å². The second kappa shape index (κ2) is 16.7. The van der Waals surface area contributed by atoms with Gasteiger partial charge in [-0.25, -0.2) is 18.4 Å². The highest BCUT2D eigenvalue weighted by atomic mass is 19.1. The minimum absolute atomic E-state index is 0.0622. The number of piperidine rings is 2. The molecule has 14 nitrogen and oxygen atoms in total. The zero-order chi connectivity index (χ0) is 43.5. The van der Waals surface area contributed by atoms with E-state index in [9.17, 15) is 14.4 Å². The predicted molar refractivity (Wildman–Crippen MR) is 235 cm³/mol. The van der Waals surface area contributed by atoms with Gasteiger partial charge in [0.2, 0.25) is 23.6 Å². The van der Waals surface area contributed by atoms with Crippen LogP contribution in [0, 0.1) is 43.2 Å². The Morgan fingerprint density at radius 3 is 2.32 bits per heavy atom. The van der Waals surface area contributed by atoms with Crippen LogP contribution in [0.1, 0.15) is 78.2 Å². The van der Waals surface area contributed by atoms with Crippen molar-refractivity contribution in [3.05, 3.63) is 76.6 Å². The number of nitrogens with one attached hydrogen (secondary N) is 2. The van der Waals surface area contributed by atoms with E-state index in [4.69, 9.17) is 14.7 Å². The summed E-state index contributed by atoms with van der Waals surface area (Å²) in [6, 6.07) is 12.7. The Labute approximate surface area is 365 Å². The van der Waals surface area contributed by atoms with Gasteiger partial charge in [0.15, 0.2) is 0 Å². The molecule has 2 aromatic carbocycles. The van der Waals surface area contributed by atoms with E-state index < -0.39 is 29.4 Å². The van der Waals surface area contributed by atoms with E-state index in [0.29, 0.717) is 66.2 Å². The summed E-state index contributed by atoms with van der Waals surface area (Å²) in [5, 5.41) is 10.0. The van der Waals surface area contributed by atoms with Gasteiger partial charge in [0.25, 0.3) is 5.91 Å². The molecule has 0 unspecified atom stereocenters. The fourth-order valence-corrected chi connectivity index (χ4v) is 10.7. The minimum atomic E-state index is -1.00. The molecule has 2 N–H and O–H groups in total. The largest absolute Gasteiger partial charge is 0.477 e. The number of fused-ring (bicyclic) bond motifs is 9. The van der Waals surface area contributed by atoms with Gasteiger partial charge in [-0.3, -0.25) is 34.9 Å².